The van der Waals surface area contributed by atoms with E-state index in [2.05, 4.69) is 5.32 Å². The van der Waals surface area contributed by atoms with E-state index in [-0.39, 0.29) is 28.5 Å². The predicted octanol–water partition coefficient (Wildman–Crippen LogP) is 3.59. The molecule has 0 aliphatic rings. The highest BCUT2D eigenvalue weighted by Gasteiger charge is 2.30. The van der Waals surface area contributed by atoms with Gasteiger partial charge in [0.25, 0.3) is 5.91 Å². The molecule has 0 saturated carbocycles. The number of nitrogens with two attached hydrogens (primary N) is 1. The van der Waals surface area contributed by atoms with Crippen molar-refractivity contribution < 1.29 is 30.8 Å². The quantitative estimate of drug-likeness (QED) is 0.614. The fourth-order valence-electron chi connectivity index (χ4n) is 2.72. The van der Waals surface area contributed by atoms with Crippen LogP contribution < -0.4 is 10.5 Å². The summed E-state index contributed by atoms with van der Waals surface area (Å²) >= 11 is 0. The predicted molar refractivity (Wildman–Crippen MR) is 103 cm³/mol. The zero-order valence-corrected chi connectivity index (χ0v) is 16.3. The zero-order chi connectivity index (χ0) is 21.9. The number of hydrogen-bond donors (Lipinski definition) is 2. The van der Waals surface area contributed by atoms with Crippen molar-refractivity contribution in [2.45, 2.75) is 17.5 Å². The number of amides is 1. The highest BCUT2D eigenvalue weighted by Crippen LogP contribution is 2.32. The van der Waals surface area contributed by atoms with Crippen LogP contribution in [0, 0.1) is 0 Å². The van der Waals surface area contributed by atoms with Crippen molar-refractivity contribution in [3.8, 4) is 11.3 Å². The van der Waals surface area contributed by atoms with Gasteiger partial charge < -0.3 is 9.73 Å². The van der Waals surface area contributed by atoms with E-state index in [0.717, 1.165) is 17.7 Å². The van der Waals surface area contributed by atoms with Crippen molar-refractivity contribution >= 4 is 15.9 Å². The van der Waals surface area contributed by atoms with Gasteiger partial charge in [-0.2, -0.15) is 13.2 Å². The van der Waals surface area contributed by atoms with Crippen molar-refractivity contribution in [2.75, 3.05) is 6.54 Å². The fourth-order valence-corrected chi connectivity index (χ4v) is 3.23. The Kier molecular flexibility index (Phi) is 5.99. The van der Waals surface area contributed by atoms with Gasteiger partial charge in [-0.05, 0) is 48.4 Å². The molecule has 3 rings (SSSR count). The Morgan fingerprint density at radius 2 is 1.73 bits per heavy atom. The van der Waals surface area contributed by atoms with Crippen LogP contribution in [0.2, 0.25) is 0 Å². The van der Waals surface area contributed by atoms with Crippen LogP contribution >= 0.6 is 0 Å². The molecule has 0 unspecified atom stereocenters. The average Bonchev–Trinajstić information content (AvgIpc) is 3.17. The molecule has 0 aliphatic heterocycles. The molecule has 1 heterocycles. The van der Waals surface area contributed by atoms with E-state index in [4.69, 9.17) is 9.56 Å². The Hall–Kier alpha value is -3.11. The summed E-state index contributed by atoms with van der Waals surface area (Å²) in [5.74, 6) is -0.411. The van der Waals surface area contributed by atoms with Gasteiger partial charge >= 0.3 is 6.18 Å². The maximum Gasteiger partial charge on any atom is 0.416 e. The van der Waals surface area contributed by atoms with Crippen LogP contribution in [-0.2, 0) is 22.6 Å². The van der Waals surface area contributed by atoms with E-state index in [9.17, 15) is 26.4 Å². The lowest BCUT2D eigenvalue weighted by Gasteiger charge is -2.07. The molecule has 0 spiro atoms. The molecule has 0 saturated heterocycles. The maximum atomic E-state index is 12.8. The summed E-state index contributed by atoms with van der Waals surface area (Å²) in [6.45, 7) is 0.243. The third-order valence-electron chi connectivity index (χ3n) is 4.26. The molecule has 0 bridgehead atoms. The number of carbonyl (C=O) groups excluding carboxylic acids is 1. The number of benzene rings is 2. The standard InChI is InChI=1S/C20H17F3N2O4S/c21-20(22,23)15-3-1-2-14(12-15)17-8-9-18(29-17)19(26)25-11-10-13-4-6-16(7-5-13)30(24,27)28/h1-9,12H,10-11H2,(H,25,26)(H2,24,27,28). The Labute approximate surface area is 170 Å². The first kappa shape index (κ1) is 21.6. The molecule has 3 aromatic rings. The van der Waals surface area contributed by atoms with Crippen LogP contribution in [0.3, 0.4) is 0 Å². The first-order valence-corrected chi connectivity index (χ1v) is 10.3. The summed E-state index contributed by atoms with van der Waals surface area (Å²) in [5.41, 5.74) is 0.182. The van der Waals surface area contributed by atoms with Crippen molar-refractivity contribution in [3.05, 3.63) is 77.6 Å². The van der Waals surface area contributed by atoms with Gasteiger partial charge in [-0.25, -0.2) is 13.6 Å². The SMILES string of the molecule is NS(=O)(=O)c1ccc(CCNC(=O)c2ccc(-c3cccc(C(F)(F)F)c3)o2)cc1. The highest BCUT2D eigenvalue weighted by atomic mass is 32.2. The number of rotatable bonds is 6. The summed E-state index contributed by atoms with van der Waals surface area (Å²) in [7, 11) is -3.77. The van der Waals surface area contributed by atoms with Crippen LogP contribution in [0.5, 0.6) is 0 Å². The van der Waals surface area contributed by atoms with Crippen LogP contribution in [0.1, 0.15) is 21.7 Å². The smallest absolute Gasteiger partial charge is 0.416 e. The molecular weight excluding hydrogens is 421 g/mol. The minimum atomic E-state index is -4.48. The second-order valence-electron chi connectivity index (χ2n) is 6.44. The lowest BCUT2D eigenvalue weighted by Crippen LogP contribution is -2.25. The molecule has 1 aromatic heterocycles. The molecule has 6 nitrogen and oxygen atoms in total. The van der Waals surface area contributed by atoms with Crippen molar-refractivity contribution in [2.24, 2.45) is 5.14 Å². The molecule has 3 N–H and O–H groups in total. The van der Waals surface area contributed by atoms with Crippen molar-refractivity contribution in [1.29, 1.82) is 0 Å². The number of carbonyl (C=O) groups is 1. The lowest BCUT2D eigenvalue weighted by atomic mass is 10.1. The van der Waals surface area contributed by atoms with Gasteiger partial charge in [0.05, 0.1) is 10.5 Å². The Morgan fingerprint density at radius 3 is 2.37 bits per heavy atom. The summed E-state index contributed by atoms with van der Waals surface area (Å²) in [4.78, 5) is 12.2. The third-order valence-corrected chi connectivity index (χ3v) is 5.18. The maximum absolute atomic E-state index is 12.8. The Bertz CT molecular complexity index is 1150. The first-order chi connectivity index (χ1) is 14.0. The van der Waals surface area contributed by atoms with Gasteiger partial charge in [0, 0.05) is 12.1 Å². The normalized spacial score (nSPS) is 12.0. The zero-order valence-electron chi connectivity index (χ0n) is 15.4. The van der Waals surface area contributed by atoms with E-state index < -0.39 is 27.7 Å². The number of alkyl halides is 3. The van der Waals surface area contributed by atoms with Gasteiger partial charge in [-0.15, -0.1) is 0 Å². The average molecular weight is 438 g/mol. The van der Waals surface area contributed by atoms with Crippen LogP contribution in [0.15, 0.2) is 70.0 Å². The minimum Gasteiger partial charge on any atom is -0.451 e. The molecule has 0 aliphatic carbocycles. The molecule has 0 fully saturated rings. The van der Waals surface area contributed by atoms with Gasteiger partial charge in [-0.3, -0.25) is 4.79 Å². The molecule has 158 valence electrons. The summed E-state index contributed by atoms with van der Waals surface area (Å²) in [6.07, 6.45) is -4.05. The largest absolute Gasteiger partial charge is 0.451 e. The number of hydrogen-bond acceptors (Lipinski definition) is 4. The van der Waals surface area contributed by atoms with Gasteiger partial charge in [0.1, 0.15) is 5.76 Å². The number of halogens is 3. The topological polar surface area (TPSA) is 102 Å². The minimum absolute atomic E-state index is 0.00649. The fraction of sp³-hybridized carbons (Fsp3) is 0.150. The first-order valence-electron chi connectivity index (χ1n) is 8.71. The van der Waals surface area contributed by atoms with Gasteiger partial charge in [0.15, 0.2) is 5.76 Å². The van der Waals surface area contributed by atoms with Gasteiger partial charge in [0.2, 0.25) is 10.0 Å². The van der Waals surface area contributed by atoms with Crippen LogP contribution in [-0.4, -0.2) is 20.9 Å². The van der Waals surface area contributed by atoms with E-state index in [1.165, 1.54) is 36.4 Å². The molecule has 0 radical (unpaired) electrons. The number of primary sulfonamides is 1. The molecule has 10 heteroatoms. The van der Waals surface area contributed by atoms with Crippen molar-refractivity contribution in [3.63, 3.8) is 0 Å². The highest BCUT2D eigenvalue weighted by molar-refractivity contribution is 7.89. The van der Waals surface area contributed by atoms with E-state index in [0.29, 0.717) is 6.42 Å². The third kappa shape index (κ3) is 5.28. The van der Waals surface area contributed by atoms with E-state index >= 15 is 0 Å². The molecule has 1 amide bonds. The summed E-state index contributed by atoms with van der Waals surface area (Å²) in [6, 6.07) is 13.4. The second-order valence-corrected chi connectivity index (χ2v) is 8.00. The molecular formula is C20H17F3N2O4S. The summed E-state index contributed by atoms with van der Waals surface area (Å²) < 4.78 is 66.4. The second kappa shape index (κ2) is 8.33. The Balaban J connectivity index is 1.60. The van der Waals surface area contributed by atoms with E-state index in [1.54, 1.807) is 12.1 Å². The molecule has 0 atom stereocenters. The Morgan fingerprint density at radius 1 is 1.03 bits per heavy atom. The number of nitrogens with one attached hydrogen (secondary N) is 1. The number of furan rings is 1. The van der Waals surface area contributed by atoms with Crippen LogP contribution in [0.4, 0.5) is 13.2 Å². The molecule has 30 heavy (non-hydrogen) atoms. The van der Waals surface area contributed by atoms with Crippen molar-refractivity contribution in [1.82, 2.24) is 5.32 Å². The van der Waals surface area contributed by atoms with E-state index in [1.807, 2.05) is 0 Å². The monoisotopic (exact) mass is 438 g/mol. The number of sulfonamides is 1. The van der Waals surface area contributed by atoms with Crippen LogP contribution in [0.25, 0.3) is 11.3 Å². The lowest BCUT2D eigenvalue weighted by molar-refractivity contribution is -0.137. The van der Waals surface area contributed by atoms with Gasteiger partial charge in [-0.1, -0.05) is 24.3 Å². The summed E-state index contributed by atoms with van der Waals surface area (Å²) in [5, 5.41) is 7.67. The molecule has 2 aromatic carbocycles.